The highest BCUT2D eigenvalue weighted by molar-refractivity contribution is 6.17. The van der Waals surface area contributed by atoms with Gasteiger partial charge in [-0.3, -0.25) is 0 Å². The molecule has 0 aromatic heterocycles. The summed E-state index contributed by atoms with van der Waals surface area (Å²) in [5.41, 5.74) is 2.00. The number of nitrogens with one attached hydrogen (secondary N) is 1. The van der Waals surface area contributed by atoms with Crippen molar-refractivity contribution in [2.24, 2.45) is 0 Å². The largest absolute Gasteiger partial charge is 0.308 e. The van der Waals surface area contributed by atoms with E-state index in [1.807, 2.05) is 24.3 Å². The molecule has 0 spiro atoms. The lowest BCUT2D eigenvalue weighted by Gasteiger charge is -1.93. The molecular formula is C8H8ClN. The van der Waals surface area contributed by atoms with Crippen LogP contribution in [0.25, 0.3) is 0 Å². The summed E-state index contributed by atoms with van der Waals surface area (Å²) < 4.78 is 0. The second-order valence-electron chi connectivity index (χ2n) is 2.02. The minimum atomic E-state index is 0.540. The molecule has 52 valence electrons. The van der Waals surface area contributed by atoms with Gasteiger partial charge in [-0.15, -0.1) is 11.6 Å². The Morgan fingerprint density at radius 2 is 1.90 bits per heavy atom. The normalized spacial score (nSPS) is 9.30. The van der Waals surface area contributed by atoms with Crippen LogP contribution >= 0.6 is 11.6 Å². The topological polar surface area (TPSA) is 23.9 Å². The highest BCUT2D eigenvalue weighted by Gasteiger charge is 1.88. The highest BCUT2D eigenvalue weighted by Crippen LogP contribution is 2.04. The van der Waals surface area contributed by atoms with Crippen LogP contribution in [0.5, 0.6) is 0 Å². The molecule has 0 saturated heterocycles. The molecule has 0 aliphatic carbocycles. The van der Waals surface area contributed by atoms with E-state index >= 15 is 0 Å². The second-order valence-corrected chi connectivity index (χ2v) is 2.29. The number of halogens is 1. The van der Waals surface area contributed by atoms with Crippen LogP contribution in [0.4, 0.5) is 0 Å². The van der Waals surface area contributed by atoms with Crippen LogP contribution in [0.15, 0.2) is 24.3 Å². The SMILES string of the molecule is N=Cc1ccc(CCl)cc1. The van der Waals surface area contributed by atoms with E-state index in [0.717, 1.165) is 11.1 Å². The van der Waals surface area contributed by atoms with Gasteiger partial charge in [0.15, 0.2) is 0 Å². The van der Waals surface area contributed by atoms with E-state index in [9.17, 15) is 0 Å². The minimum absolute atomic E-state index is 0.540. The first-order chi connectivity index (χ1) is 4.86. The van der Waals surface area contributed by atoms with Crippen molar-refractivity contribution in [2.75, 3.05) is 0 Å². The first-order valence-electron chi connectivity index (χ1n) is 3.02. The molecule has 0 fully saturated rings. The number of rotatable bonds is 2. The molecule has 0 aliphatic rings. The van der Waals surface area contributed by atoms with Crippen LogP contribution in [0, 0.1) is 5.41 Å². The second kappa shape index (κ2) is 3.37. The minimum Gasteiger partial charge on any atom is -0.308 e. The highest BCUT2D eigenvalue weighted by atomic mass is 35.5. The molecule has 1 aromatic carbocycles. The van der Waals surface area contributed by atoms with Crippen molar-refractivity contribution >= 4 is 17.8 Å². The molecule has 0 saturated carbocycles. The molecule has 0 radical (unpaired) electrons. The summed E-state index contributed by atoms with van der Waals surface area (Å²) in [5.74, 6) is 0.540. The zero-order chi connectivity index (χ0) is 7.40. The fourth-order valence-corrected chi connectivity index (χ4v) is 0.881. The summed E-state index contributed by atoms with van der Waals surface area (Å²) in [4.78, 5) is 0. The standard InChI is InChI=1S/C8H8ClN/c9-5-7-1-3-8(6-10)4-2-7/h1-4,6,10H,5H2. The summed E-state index contributed by atoms with van der Waals surface area (Å²) >= 11 is 5.57. The average Bonchev–Trinajstić information content (AvgIpc) is 2.05. The molecule has 1 aromatic rings. The molecule has 0 heterocycles. The molecule has 0 bridgehead atoms. The maximum absolute atomic E-state index is 6.91. The number of benzene rings is 1. The van der Waals surface area contributed by atoms with E-state index < -0.39 is 0 Å². The summed E-state index contributed by atoms with van der Waals surface area (Å²) in [7, 11) is 0. The van der Waals surface area contributed by atoms with Crippen molar-refractivity contribution in [2.45, 2.75) is 5.88 Å². The van der Waals surface area contributed by atoms with E-state index in [1.165, 1.54) is 6.21 Å². The van der Waals surface area contributed by atoms with Crippen LogP contribution < -0.4 is 0 Å². The van der Waals surface area contributed by atoms with Gasteiger partial charge in [-0.1, -0.05) is 24.3 Å². The third-order valence-corrected chi connectivity index (χ3v) is 1.61. The van der Waals surface area contributed by atoms with E-state index in [-0.39, 0.29) is 0 Å². The summed E-state index contributed by atoms with van der Waals surface area (Å²) in [5, 5.41) is 6.91. The fourth-order valence-electron chi connectivity index (χ4n) is 0.703. The average molecular weight is 154 g/mol. The summed E-state index contributed by atoms with van der Waals surface area (Å²) in [6.07, 6.45) is 1.32. The first-order valence-corrected chi connectivity index (χ1v) is 3.55. The van der Waals surface area contributed by atoms with Gasteiger partial charge in [0.2, 0.25) is 0 Å². The van der Waals surface area contributed by atoms with Crippen molar-refractivity contribution in [1.82, 2.24) is 0 Å². The third kappa shape index (κ3) is 1.58. The van der Waals surface area contributed by atoms with Gasteiger partial charge in [-0.05, 0) is 11.1 Å². The van der Waals surface area contributed by atoms with Gasteiger partial charge in [0.25, 0.3) is 0 Å². The summed E-state index contributed by atoms with van der Waals surface area (Å²) in [6.45, 7) is 0. The monoisotopic (exact) mass is 153 g/mol. The number of alkyl halides is 1. The van der Waals surface area contributed by atoms with Crippen molar-refractivity contribution in [3.05, 3.63) is 35.4 Å². The van der Waals surface area contributed by atoms with Crippen LogP contribution in [-0.2, 0) is 5.88 Å². The first kappa shape index (κ1) is 7.29. The Bertz CT molecular complexity index is 215. The van der Waals surface area contributed by atoms with E-state index in [0.29, 0.717) is 5.88 Å². The van der Waals surface area contributed by atoms with E-state index in [2.05, 4.69) is 0 Å². The Labute approximate surface area is 65.1 Å². The van der Waals surface area contributed by atoms with Crippen LogP contribution in [-0.4, -0.2) is 6.21 Å². The quantitative estimate of drug-likeness (QED) is 0.499. The van der Waals surface area contributed by atoms with E-state index in [1.54, 1.807) is 0 Å². The lowest BCUT2D eigenvalue weighted by molar-refractivity contribution is 1.39. The fraction of sp³-hybridized carbons (Fsp3) is 0.125. The molecule has 1 N–H and O–H groups in total. The molecule has 2 heteroatoms. The predicted octanol–water partition coefficient (Wildman–Crippen LogP) is 2.42. The van der Waals surface area contributed by atoms with Gasteiger partial charge in [0.05, 0.1) is 0 Å². The lowest BCUT2D eigenvalue weighted by Crippen LogP contribution is -1.80. The van der Waals surface area contributed by atoms with Crippen LogP contribution in [0.3, 0.4) is 0 Å². The molecule has 0 aliphatic heterocycles. The smallest absolute Gasteiger partial charge is 0.0474 e. The number of hydrogen-bond donors (Lipinski definition) is 1. The molecule has 10 heavy (non-hydrogen) atoms. The predicted molar refractivity (Wildman–Crippen MR) is 43.9 cm³/mol. The maximum Gasteiger partial charge on any atom is 0.0474 e. The van der Waals surface area contributed by atoms with Crippen molar-refractivity contribution < 1.29 is 0 Å². The van der Waals surface area contributed by atoms with Gasteiger partial charge in [-0.2, -0.15) is 0 Å². The third-order valence-electron chi connectivity index (χ3n) is 1.30. The van der Waals surface area contributed by atoms with Crippen LogP contribution in [0.2, 0.25) is 0 Å². The Balaban J connectivity index is 2.90. The Kier molecular flexibility index (Phi) is 2.46. The summed E-state index contributed by atoms with van der Waals surface area (Å²) in [6, 6.07) is 7.61. The zero-order valence-corrected chi connectivity index (χ0v) is 6.23. The van der Waals surface area contributed by atoms with Gasteiger partial charge in [-0.25, -0.2) is 0 Å². The van der Waals surface area contributed by atoms with Gasteiger partial charge < -0.3 is 5.41 Å². The lowest BCUT2D eigenvalue weighted by atomic mass is 10.2. The van der Waals surface area contributed by atoms with Crippen LogP contribution in [0.1, 0.15) is 11.1 Å². The molecule has 0 atom stereocenters. The van der Waals surface area contributed by atoms with Crippen molar-refractivity contribution in [1.29, 1.82) is 5.41 Å². The molecular weight excluding hydrogens is 146 g/mol. The van der Waals surface area contributed by atoms with Gasteiger partial charge in [0, 0.05) is 12.1 Å². The van der Waals surface area contributed by atoms with Crippen molar-refractivity contribution in [3.63, 3.8) is 0 Å². The zero-order valence-electron chi connectivity index (χ0n) is 5.47. The van der Waals surface area contributed by atoms with Crippen molar-refractivity contribution in [3.8, 4) is 0 Å². The Morgan fingerprint density at radius 1 is 1.30 bits per heavy atom. The maximum atomic E-state index is 6.91. The van der Waals surface area contributed by atoms with E-state index in [4.69, 9.17) is 17.0 Å². The van der Waals surface area contributed by atoms with Gasteiger partial charge in [0.1, 0.15) is 0 Å². The molecule has 1 nitrogen and oxygen atoms in total. The Morgan fingerprint density at radius 3 is 2.30 bits per heavy atom. The van der Waals surface area contributed by atoms with Gasteiger partial charge >= 0.3 is 0 Å². The number of hydrogen-bond acceptors (Lipinski definition) is 1. The molecule has 1 rings (SSSR count). The Hall–Kier alpha value is -0.820. The molecule has 0 unspecified atom stereocenters. The molecule has 0 amide bonds.